The Morgan fingerprint density at radius 2 is 1.31 bits per heavy atom. The number of methoxy groups -OCH3 is 2. The first-order valence-electron chi connectivity index (χ1n) is 10.1. The van der Waals surface area contributed by atoms with E-state index in [1.54, 1.807) is 53.3 Å². The van der Waals surface area contributed by atoms with Crippen LogP contribution >= 0.6 is 0 Å². The van der Waals surface area contributed by atoms with Gasteiger partial charge in [-0.1, -0.05) is 0 Å². The number of rotatable bonds is 7. The highest BCUT2D eigenvalue weighted by Gasteiger charge is 2.29. The summed E-state index contributed by atoms with van der Waals surface area (Å²) < 4.78 is 37.7. The van der Waals surface area contributed by atoms with Gasteiger partial charge in [0.05, 0.1) is 25.2 Å². The largest absolute Gasteiger partial charge is 0.497 e. The van der Waals surface area contributed by atoms with Crippen LogP contribution < -0.4 is 14.2 Å². The molecule has 1 N–H and O–H groups in total. The van der Waals surface area contributed by atoms with Gasteiger partial charge in [-0.2, -0.15) is 4.72 Å². The molecule has 1 atom stereocenters. The predicted octanol–water partition coefficient (Wildman–Crippen LogP) is 1.36. The standard InChI is InChI=1S/C22H27N3O6S/c1-16(23-32(28,29)20-10-8-19(31-3)9-11-20)21(26)24-12-14-25(15-13-24)22(27)17-4-6-18(30-2)7-5-17/h4-11,16,23H,12-15H2,1-3H3/t16-/m0/s1. The minimum Gasteiger partial charge on any atom is -0.497 e. The molecule has 1 fully saturated rings. The second-order valence-corrected chi connectivity index (χ2v) is 9.08. The van der Waals surface area contributed by atoms with Crippen LogP contribution in [0, 0.1) is 0 Å². The van der Waals surface area contributed by atoms with Crippen LogP contribution in [0.25, 0.3) is 0 Å². The van der Waals surface area contributed by atoms with Gasteiger partial charge in [0.1, 0.15) is 11.5 Å². The van der Waals surface area contributed by atoms with E-state index in [2.05, 4.69) is 4.72 Å². The van der Waals surface area contributed by atoms with E-state index in [0.717, 1.165) is 0 Å². The van der Waals surface area contributed by atoms with Gasteiger partial charge in [0.15, 0.2) is 0 Å². The SMILES string of the molecule is COc1ccc(C(=O)N2CCN(C(=O)[C@H](C)NS(=O)(=O)c3ccc(OC)cc3)CC2)cc1. The molecule has 32 heavy (non-hydrogen) atoms. The van der Waals surface area contributed by atoms with Crippen molar-refractivity contribution >= 4 is 21.8 Å². The zero-order valence-corrected chi connectivity index (χ0v) is 19.1. The molecular weight excluding hydrogens is 434 g/mol. The highest BCUT2D eigenvalue weighted by atomic mass is 32.2. The van der Waals surface area contributed by atoms with Crippen molar-refractivity contribution in [2.45, 2.75) is 17.9 Å². The first-order chi connectivity index (χ1) is 15.2. The summed E-state index contributed by atoms with van der Waals surface area (Å²) in [7, 11) is -0.808. The molecule has 0 unspecified atom stereocenters. The fraction of sp³-hybridized carbons (Fsp3) is 0.364. The van der Waals surface area contributed by atoms with Gasteiger partial charge in [-0.15, -0.1) is 0 Å². The van der Waals surface area contributed by atoms with E-state index in [1.165, 1.54) is 26.2 Å². The Morgan fingerprint density at radius 3 is 1.81 bits per heavy atom. The summed E-state index contributed by atoms with van der Waals surface area (Å²) in [6, 6.07) is 11.8. The molecule has 2 amide bonds. The van der Waals surface area contributed by atoms with E-state index in [1.807, 2.05) is 0 Å². The maximum atomic E-state index is 12.8. The van der Waals surface area contributed by atoms with Crippen LogP contribution in [0.3, 0.4) is 0 Å². The molecular formula is C22H27N3O6S. The summed E-state index contributed by atoms with van der Waals surface area (Å²) in [6.07, 6.45) is 0. The normalized spacial score (nSPS) is 15.2. The van der Waals surface area contributed by atoms with Crippen LogP contribution in [0.2, 0.25) is 0 Å². The van der Waals surface area contributed by atoms with Crippen molar-refractivity contribution in [3.05, 3.63) is 54.1 Å². The van der Waals surface area contributed by atoms with Gasteiger partial charge in [0.2, 0.25) is 15.9 Å². The van der Waals surface area contributed by atoms with Crippen molar-refractivity contribution in [2.24, 2.45) is 0 Å². The maximum Gasteiger partial charge on any atom is 0.253 e. The van der Waals surface area contributed by atoms with Crippen molar-refractivity contribution in [3.8, 4) is 11.5 Å². The van der Waals surface area contributed by atoms with Crippen LogP contribution in [0.5, 0.6) is 11.5 Å². The molecule has 1 aliphatic rings. The number of ether oxygens (including phenoxy) is 2. The molecule has 0 saturated carbocycles. The van der Waals surface area contributed by atoms with Gasteiger partial charge < -0.3 is 19.3 Å². The molecule has 9 nitrogen and oxygen atoms in total. The first kappa shape index (κ1) is 23.6. The molecule has 0 bridgehead atoms. The second kappa shape index (κ2) is 10.0. The fourth-order valence-corrected chi connectivity index (χ4v) is 4.62. The Morgan fingerprint density at radius 1 is 0.844 bits per heavy atom. The van der Waals surface area contributed by atoms with Gasteiger partial charge in [-0.3, -0.25) is 9.59 Å². The quantitative estimate of drug-likeness (QED) is 0.668. The third-order valence-corrected chi connectivity index (χ3v) is 6.84. The molecule has 172 valence electrons. The summed E-state index contributed by atoms with van der Waals surface area (Å²) in [5.74, 6) is 0.754. The number of benzene rings is 2. The van der Waals surface area contributed by atoms with Crippen LogP contribution in [-0.2, 0) is 14.8 Å². The van der Waals surface area contributed by atoms with E-state index >= 15 is 0 Å². The molecule has 0 spiro atoms. The second-order valence-electron chi connectivity index (χ2n) is 7.36. The number of nitrogens with one attached hydrogen (secondary N) is 1. The lowest BCUT2D eigenvalue weighted by Crippen LogP contribution is -2.55. The summed E-state index contributed by atoms with van der Waals surface area (Å²) in [5.41, 5.74) is 0.547. The smallest absolute Gasteiger partial charge is 0.253 e. The molecule has 2 aromatic carbocycles. The zero-order valence-electron chi connectivity index (χ0n) is 18.3. The predicted molar refractivity (Wildman–Crippen MR) is 118 cm³/mol. The van der Waals surface area contributed by atoms with Gasteiger partial charge in [0, 0.05) is 31.7 Å². The van der Waals surface area contributed by atoms with Crippen LogP contribution in [0.4, 0.5) is 0 Å². The number of sulfonamides is 1. The number of hydrogen-bond acceptors (Lipinski definition) is 6. The third kappa shape index (κ3) is 5.38. The van der Waals surface area contributed by atoms with Crippen LogP contribution in [-0.4, -0.2) is 76.5 Å². The van der Waals surface area contributed by atoms with Crippen LogP contribution in [0.15, 0.2) is 53.4 Å². The Kier molecular flexibility index (Phi) is 7.37. The molecule has 3 rings (SSSR count). The average Bonchev–Trinajstić information content (AvgIpc) is 2.83. The number of hydrogen-bond donors (Lipinski definition) is 1. The molecule has 1 heterocycles. The lowest BCUT2D eigenvalue weighted by Gasteiger charge is -2.36. The molecule has 1 saturated heterocycles. The Hall–Kier alpha value is -3.11. The summed E-state index contributed by atoms with van der Waals surface area (Å²) in [5, 5.41) is 0. The monoisotopic (exact) mass is 461 g/mol. The van der Waals surface area contributed by atoms with Gasteiger partial charge in [0.25, 0.3) is 5.91 Å². The minimum atomic E-state index is -3.86. The van der Waals surface area contributed by atoms with Crippen molar-refractivity contribution in [3.63, 3.8) is 0 Å². The topological polar surface area (TPSA) is 105 Å². The summed E-state index contributed by atoms with van der Waals surface area (Å²) in [4.78, 5) is 28.8. The Labute approximate surface area is 188 Å². The minimum absolute atomic E-state index is 0.0489. The van der Waals surface area contributed by atoms with Crippen molar-refractivity contribution in [1.29, 1.82) is 0 Å². The lowest BCUT2D eigenvalue weighted by atomic mass is 10.1. The van der Waals surface area contributed by atoms with Crippen molar-refractivity contribution in [2.75, 3.05) is 40.4 Å². The molecule has 1 aliphatic heterocycles. The lowest BCUT2D eigenvalue weighted by molar-refractivity contribution is -0.134. The summed E-state index contributed by atoms with van der Waals surface area (Å²) >= 11 is 0. The van der Waals surface area contributed by atoms with E-state index in [9.17, 15) is 18.0 Å². The Balaban J connectivity index is 1.56. The van der Waals surface area contributed by atoms with E-state index in [0.29, 0.717) is 43.2 Å². The van der Waals surface area contributed by atoms with Crippen LogP contribution in [0.1, 0.15) is 17.3 Å². The molecule has 10 heteroatoms. The molecule has 0 radical (unpaired) electrons. The van der Waals surface area contributed by atoms with E-state index < -0.39 is 16.1 Å². The average molecular weight is 462 g/mol. The van der Waals surface area contributed by atoms with E-state index in [4.69, 9.17) is 9.47 Å². The number of piperazine rings is 1. The number of amides is 2. The van der Waals surface area contributed by atoms with Gasteiger partial charge >= 0.3 is 0 Å². The fourth-order valence-electron chi connectivity index (χ4n) is 3.43. The first-order valence-corrected chi connectivity index (χ1v) is 11.6. The molecule has 0 aliphatic carbocycles. The van der Waals surface area contributed by atoms with Gasteiger partial charge in [-0.05, 0) is 55.5 Å². The highest BCUT2D eigenvalue weighted by Crippen LogP contribution is 2.17. The van der Waals surface area contributed by atoms with Crippen molar-refractivity contribution < 1.29 is 27.5 Å². The summed E-state index contributed by atoms with van der Waals surface area (Å²) in [6.45, 7) is 2.91. The Bertz CT molecular complexity index is 1050. The van der Waals surface area contributed by atoms with Crippen molar-refractivity contribution in [1.82, 2.24) is 14.5 Å². The molecule has 0 aromatic heterocycles. The van der Waals surface area contributed by atoms with E-state index in [-0.39, 0.29) is 16.7 Å². The third-order valence-electron chi connectivity index (χ3n) is 5.29. The number of carbonyl (C=O) groups excluding carboxylic acids is 2. The molecule has 2 aromatic rings. The maximum absolute atomic E-state index is 12.8. The van der Waals surface area contributed by atoms with Gasteiger partial charge in [-0.25, -0.2) is 8.42 Å². The highest BCUT2D eigenvalue weighted by molar-refractivity contribution is 7.89. The number of nitrogens with zero attached hydrogens (tertiary/aromatic N) is 2. The zero-order chi connectivity index (χ0) is 23.3. The number of carbonyl (C=O) groups is 2.